The van der Waals surface area contributed by atoms with Crippen LogP contribution in [0.2, 0.25) is 4.34 Å². The van der Waals surface area contributed by atoms with E-state index < -0.39 is 22.0 Å². The van der Waals surface area contributed by atoms with Crippen LogP contribution >= 0.6 is 34.7 Å². The monoisotopic (exact) mass is 526 g/mol. The van der Waals surface area contributed by atoms with Crippen LogP contribution in [0.1, 0.15) is 37.6 Å². The molecule has 1 unspecified atom stereocenters. The van der Waals surface area contributed by atoms with Gasteiger partial charge in [0.2, 0.25) is 11.8 Å². The first-order chi connectivity index (χ1) is 15.9. The van der Waals surface area contributed by atoms with Crippen molar-refractivity contribution in [2.45, 2.75) is 47.8 Å². The Morgan fingerprint density at radius 1 is 1.24 bits per heavy atom. The molecule has 3 heterocycles. The van der Waals surface area contributed by atoms with Gasteiger partial charge in [0.05, 0.1) is 10.8 Å². The number of thiophene rings is 1. The van der Waals surface area contributed by atoms with Crippen molar-refractivity contribution in [3.63, 3.8) is 0 Å². The van der Waals surface area contributed by atoms with E-state index >= 15 is 0 Å². The lowest BCUT2D eigenvalue weighted by Gasteiger charge is -2.32. The average Bonchev–Trinajstić information content (AvgIpc) is 3.44. The van der Waals surface area contributed by atoms with Crippen molar-refractivity contribution < 1.29 is 17.6 Å². The number of amides is 1. The van der Waals surface area contributed by atoms with Crippen LogP contribution in [0.3, 0.4) is 0 Å². The van der Waals surface area contributed by atoms with E-state index in [2.05, 4.69) is 22.4 Å². The molecule has 0 saturated carbocycles. The number of thioether (sulfide) groups is 1. The fraction of sp³-hybridized carbons (Fsp3) is 0.381. The van der Waals surface area contributed by atoms with E-state index in [-0.39, 0.29) is 16.8 Å². The summed E-state index contributed by atoms with van der Waals surface area (Å²) in [5.41, 5.74) is 1.01. The highest BCUT2D eigenvalue weighted by atomic mass is 35.5. The molecule has 1 aromatic carbocycles. The van der Waals surface area contributed by atoms with Crippen molar-refractivity contribution >= 4 is 56.6 Å². The third kappa shape index (κ3) is 5.78. The summed E-state index contributed by atoms with van der Waals surface area (Å²) in [5, 5.41) is 10.5. The number of nitrogens with one attached hydrogen (secondary N) is 1. The minimum Gasteiger partial charge on any atom is -0.407 e. The number of halogens is 1. The highest BCUT2D eigenvalue weighted by molar-refractivity contribution is 7.99. The van der Waals surface area contributed by atoms with Crippen molar-refractivity contribution in [2.24, 2.45) is 0 Å². The Balaban J connectivity index is 1.43. The molecule has 176 valence electrons. The minimum absolute atomic E-state index is 0.0461. The Morgan fingerprint density at radius 2 is 2.03 bits per heavy atom. The molecule has 33 heavy (non-hydrogen) atoms. The fourth-order valence-corrected chi connectivity index (χ4v) is 7.55. The van der Waals surface area contributed by atoms with Gasteiger partial charge < -0.3 is 4.42 Å². The molecule has 1 aliphatic rings. The first kappa shape index (κ1) is 24.2. The molecule has 1 aliphatic heterocycles. The second-order valence-electron chi connectivity index (χ2n) is 7.43. The minimum atomic E-state index is -3.83. The zero-order chi connectivity index (χ0) is 23.4. The van der Waals surface area contributed by atoms with Gasteiger partial charge in [0.15, 0.2) is 0 Å². The molecule has 4 rings (SSSR count). The zero-order valence-corrected chi connectivity index (χ0v) is 21.1. The molecule has 1 saturated heterocycles. The van der Waals surface area contributed by atoms with Crippen LogP contribution in [-0.2, 0) is 21.2 Å². The van der Waals surface area contributed by atoms with Crippen LogP contribution < -0.4 is 5.32 Å². The second kappa shape index (κ2) is 10.6. The molecule has 0 bridgehead atoms. The maximum atomic E-state index is 13.1. The number of benzene rings is 1. The number of carbonyl (C=O) groups excluding carboxylic acids is 1. The third-order valence-electron chi connectivity index (χ3n) is 5.15. The van der Waals surface area contributed by atoms with Crippen LogP contribution in [0, 0.1) is 0 Å². The molecule has 0 spiro atoms. The van der Waals surface area contributed by atoms with Gasteiger partial charge in [-0.05, 0) is 48.4 Å². The van der Waals surface area contributed by atoms with Gasteiger partial charge in [0.1, 0.15) is 10.3 Å². The van der Waals surface area contributed by atoms with E-state index in [1.807, 2.05) is 24.3 Å². The van der Waals surface area contributed by atoms with E-state index in [1.165, 1.54) is 21.3 Å². The van der Waals surface area contributed by atoms with Crippen molar-refractivity contribution in [3.05, 3.63) is 52.2 Å². The lowest BCUT2D eigenvalue weighted by molar-refractivity contribution is -0.120. The van der Waals surface area contributed by atoms with Crippen molar-refractivity contribution in [1.29, 1.82) is 0 Å². The standard InChI is InChI=1S/C21H23ClN4O4S3/c1-2-31-15-8-6-14(7-9-15)13-18-24-25-21(30-18)23-20(27)16-5-3-4-12-26(16)33(28,29)19-11-10-17(22)32-19/h6-11,16H,2-5,12-13H2,1H3,(H,23,25,27). The van der Waals surface area contributed by atoms with Crippen LogP contribution in [0.4, 0.5) is 6.01 Å². The van der Waals surface area contributed by atoms with E-state index in [1.54, 1.807) is 11.8 Å². The summed E-state index contributed by atoms with van der Waals surface area (Å²) < 4.78 is 33.5. The summed E-state index contributed by atoms with van der Waals surface area (Å²) in [7, 11) is -3.83. The van der Waals surface area contributed by atoms with Gasteiger partial charge in [0.25, 0.3) is 10.0 Å². The van der Waals surface area contributed by atoms with Crippen molar-refractivity contribution in [1.82, 2.24) is 14.5 Å². The summed E-state index contributed by atoms with van der Waals surface area (Å²) >= 11 is 8.66. The van der Waals surface area contributed by atoms with Gasteiger partial charge in [-0.2, -0.15) is 4.31 Å². The molecular formula is C21H23ClN4O4S3. The smallest absolute Gasteiger partial charge is 0.322 e. The highest BCUT2D eigenvalue weighted by Gasteiger charge is 2.38. The lowest BCUT2D eigenvalue weighted by atomic mass is 10.0. The summed E-state index contributed by atoms with van der Waals surface area (Å²) in [4.78, 5) is 14.1. The van der Waals surface area contributed by atoms with Crippen LogP contribution in [0.15, 0.2) is 49.9 Å². The summed E-state index contributed by atoms with van der Waals surface area (Å²) in [6.07, 6.45) is 2.27. The van der Waals surface area contributed by atoms with E-state index in [9.17, 15) is 13.2 Å². The van der Waals surface area contributed by atoms with Crippen LogP contribution in [0.25, 0.3) is 0 Å². The average molecular weight is 527 g/mol. The molecule has 1 amide bonds. The molecule has 2 aromatic heterocycles. The summed E-state index contributed by atoms with van der Waals surface area (Å²) in [6.45, 7) is 2.37. The first-order valence-electron chi connectivity index (χ1n) is 10.5. The van der Waals surface area contributed by atoms with Gasteiger partial charge in [0, 0.05) is 11.4 Å². The van der Waals surface area contributed by atoms with E-state index in [0.29, 0.717) is 29.5 Å². The Bertz CT molecular complexity index is 1210. The number of rotatable bonds is 8. The molecule has 8 nitrogen and oxygen atoms in total. The van der Waals surface area contributed by atoms with Crippen LogP contribution in [-0.4, -0.2) is 47.2 Å². The van der Waals surface area contributed by atoms with Gasteiger partial charge in [-0.15, -0.1) is 28.2 Å². The second-order valence-corrected chi connectivity index (χ2v) is 12.6. The maximum Gasteiger partial charge on any atom is 0.322 e. The van der Waals surface area contributed by atoms with Crippen LogP contribution in [0.5, 0.6) is 0 Å². The quantitative estimate of drug-likeness (QED) is 0.425. The molecular weight excluding hydrogens is 504 g/mol. The molecule has 1 fully saturated rings. The number of aromatic nitrogens is 2. The highest BCUT2D eigenvalue weighted by Crippen LogP contribution is 2.32. The fourth-order valence-electron chi connectivity index (χ4n) is 3.62. The topological polar surface area (TPSA) is 105 Å². The molecule has 0 radical (unpaired) electrons. The van der Waals surface area contributed by atoms with Gasteiger partial charge >= 0.3 is 6.01 Å². The number of nitrogens with zero attached hydrogens (tertiary/aromatic N) is 3. The van der Waals surface area contributed by atoms with Gasteiger partial charge in [-0.3, -0.25) is 10.1 Å². The molecule has 0 aliphatic carbocycles. The Labute approximate surface area is 205 Å². The Morgan fingerprint density at radius 3 is 2.73 bits per heavy atom. The lowest BCUT2D eigenvalue weighted by Crippen LogP contribution is -2.49. The van der Waals surface area contributed by atoms with E-state index in [4.69, 9.17) is 16.0 Å². The zero-order valence-electron chi connectivity index (χ0n) is 17.9. The molecule has 3 aromatic rings. The molecule has 12 heteroatoms. The predicted molar refractivity (Wildman–Crippen MR) is 129 cm³/mol. The summed E-state index contributed by atoms with van der Waals surface area (Å²) in [6, 6.07) is 10.2. The van der Waals surface area contributed by atoms with Crippen molar-refractivity contribution in [2.75, 3.05) is 17.6 Å². The molecule has 1 N–H and O–H groups in total. The number of hydrogen-bond donors (Lipinski definition) is 1. The number of piperidine rings is 1. The number of carbonyl (C=O) groups is 1. The largest absolute Gasteiger partial charge is 0.407 e. The maximum absolute atomic E-state index is 13.1. The predicted octanol–water partition coefficient (Wildman–Crippen LogP) is 4.67. The SMILES string of the molecule is CCSc1ccc(Cc2nnc(NC(=O)C3CCCCN3S(=O)(=O)c3ccc(Cl)s3)o2)cc1. The third-order valence-corrected chi connectivity index (χ3v) is 9.66. The van der Waals surface area contributed by atoms with Gasteiger partial charge in [-0.1, -0.05) is 42.2 Å². The van der Waals surface area contributed by atoms with Gasteiger partial charge in [-0.25, -0.2) is 8.42 Å². The summed E-state index contributed by atoms with van der Waals surface area (Å²) in [5.74, 6) is 0.881. The normalized spacial score (nSPS) is 17.2. The Hall–Kier alpha value is -1.92. The molecule has 1 atom stereocenters. The Kier molecular flexibility index (Phi) is 7.75. The number of sulfonamides is 1. The van der Waals surface area contributed by atoms with E-state index in [0.717, 1.165) is 29.1 Å². The van der Waals surface area contributed by atoms with Crippen molar-refractivity contribution in [3.8, 4) is 0 Å². The number of hydrogen-bond acceptors (Lipinski definition) is 8. The first-order valence-corrected chi connectivity index (χ1v) is 14.1. The number of anilines is 1.